The van der Waals surface area contributed by atoms with E-state index >= 15 is 0 Å². The van der Waals surface area contributed by atoms with E-state index in [1.54, 1.807) is 18.2 Å². The van der Waals surface area contributed by atoms with Crippen molar-refractivity contribution in [3.8, 4) is 0 Å². The molecule has 110 valence electrons. The first-order valence-electron chi connectivity index (χ1n) is 7.15. The zero-order chi connectivity index (χ0) is 14.6. The normalized spacial score (nSPS) is 26.2. The molecule has 0 aliphatic heterocycles. The van der Waals surface area contributed by atoms with Crippen molar-refractivity contribution in [2.75, 3.05) is 5.88 Å². The molecule has 1 aliphatic carbocycles. The van der Waals surface area contributed by atoms with Crippen molar-refractivity contribution in [1.29, 1.82) is 0 Å². The second-order valence-corrected chi connectivity index (χ2v) is 6.18. The molecule has 0 aromatic heterocycles. The zero-order valence-corrected chi connectivity index (χ0v) is 12.5. The van der Waals surface area contributed by atoms with Gasteiger partial charge in [-0.05, 0) is 43.2 Å². The number of hydrogen-bond acceptors (Lipinski definition) is 1. The van der Waals surface area contributed by atoms with Gasteiger partial charge in [0.15, 0.2) is 0 Å². The minimum atomic E-state index is -0.333. The number of rotatable bonds is 4. The molecule has 1 aromatic carbocycles. The van der Waals surface area contributed by atoms with Crippen LogP contribution in [0, 0.1) is 11.7 Å². The summed E-state index contributed by atoms with van der Waals surface area (Å²) in [4.78, 5) is 12.1. The molecule has 4 heteroatoms. The van der Waals surface area contributed by atoms with Crippen molar-refractivity contribution in [2.24, 2.45) is 5.92 Å². The van der Waals surface area contributed by atoms with Crippen molar-refractivity contribution in [2.45, 2.75) is 44.6 Å². The summed E-state index contributed by atoms with van der Waals surface area (Å²) in [6, 6.07) is 6.39. The van der Waals surface area contributed by atoms with Crippen LogP contribution in [-0.4, -0.2) is 17.3 Å². The summed E-state index contributed by atoms with van der Waals surface area (Å²) in [5, 5.41) is 3.04. The SMILES string of the molecule is CC1CCC(CCl)(NC(=O)Cc2ccccc2F)CC1. The summed E-state index contributed by atoms with van der Waals surface area (Å²) < 4.78 is 13.6. The fourth-order valence-corrected chi connectivity index (χ4v) is 3.10. The number of hydrogen-bond donors (Lipinski definition) is 1. The Bertz CT molecular complexity index is 469. The first-order chi connectivity index (χ1) is 9.54. The van der Waals surface area contributed by atoms with E-state index in [1.807, 2.05) is 0 Å². The van der Waals surface area contributed by atoms with E-state index in [1.165, 1.54) is 6.07 Å². The summed E-state index contributed by atoms with van der Waals surface area (Å²) in [5.74, 6) is 0.628. The molecule has 0 heterocycles. The summed E-state index contributed by atoms with van der Waals surface area (Å²) in [7, 11) is 0. The molecule has 2 nitrogen and oxygen atoms in total. The molecule has 0 radical (unpaired) electrons. The van der Waals surface area contributed by atoms with E-state index < -0.39 is 0 Å². The molecule has 20 heavy (non-hydrogen) atoms. The van der Waals surface area contributed by atoms with Gasteiger partial charge in [-0.2, -0.15) is 0 Å². The number of halogens is 2. The van der Waals surface area contributed by atoms with Crippen LogP contribution in [0.2, 0.25) is 0 Å². The first kappa shape index (κ1) is 15.3. The standard InChI is InChI=1S/C16H21ClFNO/c1-12-6-8-16(11-17,9-7-12)19-15(20)10-13-4-2-3-5-14(13)18/h2-5,12H,6-11H2,1H3,(H,19,20). The Morgan fingerprint density at radius 2 is 2.05 bits per heavy atom. The van der Waals surface area contributed by atoms with Gasteiger partial charge in [0.25, 0.3) is 0 Å². The summed E-state index contributed by atoms with van der Waals surface area (Å²) in [6.45, 7) is 2.22. The third kappa shape index (κ3) is 3.72. The molecule has 1 aliphatic rings. The van der Waals surface area contributed by atoms with Gasteiger partial charge in [-0.1, -0.05) is 25.1 Å². The van der Waals surface area contributed by atoms with Crippen LogP contribution in [0.4, 0.5) is 4.39 Å². The molecular formula is C16H21ClFNO. The highest BCUT2D eigenvalue weighted by atomic mass is 35.5. The van der Waals surface area contributed by atoms with Crippen molar-refractivity contribution < 1.29 is 9.18 Å². The van der Waals surface area contributed by atoms with Crippen LogP contribution in [0.5, 0.6) is 0 Å². The maximum absolute atomic E-state index is 13.6. The van der Waals surface area contributed by atoms with E-state index in [4.69, 9.17) is 11.6 Å². The van der Waals surface area contributed by atoms with Crippen molar-refractivity contribution in [3.05, 3.63) is 35.6 Å². The first-order valence-corrected chi connectivity index (χ1v) is 7.68. The third-order valence-corrected chi connectivity index (χ3v) is 4.71. The molecular weight excluding hydrogens is 277 g/mol. The van der Waals surface area contributed by atoms with Gasteiger partial charge in [0.05, 0.1) is 12.0 Å². The second-order valence-electron chi connectivity index (χ2n) is 5.91. The Morgan fingerprint density at radius 1 is 1.40 bits per heavy atom. The van der Waals surface area contributed by atoms with Crippen molar-refractivity contribution in [1.82, 2.24) is 5.32 Å². The second kappa shape index (κ2) is 6.57. The third-order valence-electron chi connectivity index (χ3n) is 4.20. The van der Waals surface area contributed by atoms with Crippen LogP contribution >= 0.6 is 11.6 Å². The fourth-order valence-electron chi connectivity index (χ4n) is 2.76. The smallest absolute Gasteiger partial charge is 0.224 e. The molecule has 1 amide bonds. The molecule has 1 fully saturated rings. The Labute approximate surface area is 124 Å². The van der Waals surface area contributed by atoms with Crippen LogP contribution in [0.25, 0.3) is 0 Å². The molecule has 1 saturated carbocycles. The fraction of sp³-hybridized carbons (Fsp3) is 0.562. The van der Waals surface area contributed by atoms with E-state index in [9.17, 15) is 9.18 Å². The van der Waals surface area contributed by atoms with Crippen LogP contribution in [0.3, 0.4) is 0 Å². The maximum atomic E-state index is 13.6. The van der Waals surface area contributed by atoms with Crippen LogP contribution in [-0.2, 0) is 11.2 Å². The van der Waals surface area contributed by atoms with Crippen molar-refractivity contribution >= 4 is 17.5 Å². The van der Waals surface area contributed by atoms with Gasteiger partial charge >= 0.3 is 0 Å². The topological polar surface area (TPSA) is 29.1 Å². The number of carbonyl (C=O) groups excluding carboxylic acids is 1. The molecule has 0 spiro atoms. The number of nitrogens with one attached hydrogen (secondary N) is 1. The average molecular weight is 298 g/mol. The number of alkyl halides is 1. The van der Waals surface area contributed by atoms with Gasteiger partial charge in [-0.25, -0.2) is 4.39 Å². The van der Waals surface area contributed by atoms with E-state index in [2.05, 4.69) is 12.2 Å². The Balaban J connectivity index is 1.98. The number of carbonyl (C=O) groups is 1. The molecule has 0 saturated heterocycles. The largest absolute Gasteiger partial charge is 0.349 e. The maximum Gasteiger partial charge on any atom is 0.224 e. The molecule has 2 rings (SSSR count). The van der Waals surface area contributed by atoms with E-state index in [0.717, 1.165) is 25.7 Å². The summed E-state index contributed by atoms with van der Waals surface area (Å²) >= 11 is 6.07. The lowest BCUT2D eigenvalue weighted by Crippen LogP contribution is -2.52. The summed E-state index contributed by atoms with van der Waals surface area (Å²) in [6.07, 6.45) is 4.03. The van der Waals surface area contributed by atoms with Gasteiger partial charge < -0.3 is 5.32 Å². The highest BCUT2D eigenvalue weighted by Crippen LogP contribution is 2.32. The van der Waals surface area contributed by atoms with Gasteiger partial charge in [-0.3, -0.25) is 4.79 Å². The monoisotopic (exact) mass is 297 g/mol. The highest BCUT2D eigenvalue weighted by Gasteiger charge is 2.34. The molecule has 0 atom stereocenters. The average Bonchev–Trinajstić information content (AvgIpc) is 2.44. The Hall–Kier alpha value is -1.09. The predicted molar refractivity (Wildman–Crippen MR) is 79.3 cm³/mol. The molecule has 0 unspecified atom stereocenters. The van der Waals surface area contributed by atoms with Gasteiger partial charge in [0.2, 0.25) is 5.91 Å². The molecule has 0 bridgehead atoms. The summed E-state index contributed by atoms with van der Waals surface area (Å²) in [5.41, 5.74) is 0.120. The number of benzene rings is 1. The minimum absolute atomic E-state index is 0.0703. The minimum Gasteiger partial charge on any atom is -0.349 e. The highest BCUT2D eigenvalue weighted by molar-refractivity contribution is 6.18. The number of amides is 1. The molecule has 1 aromatic rings. The van der Waals surface area contributed by atoms with Crippen LogP contribution < -0.4 is 5.32 Å². The van der Waals surface area contributed by atoms with Crippen molar-refractivity contribution in [3.63, 3.8) is 0 Å². The van der Waals surface area contributed by atoms with Gasteiger partial charge in [0.1, 0.15) is 5.82 Å². The van der Waals surface area contributed by atoms with Crippen LogP contribution in [0.1, 0.15) is 38.2 Å². The van der Waals surface area contributed by atoms with Crippen LogP contribution in [0.15, 0.2) is 24.3 Å². The Morgan fingerprint density at radius 3 is 2.65 bits per heavy atom. The lowest BCUT2D eigenvalue weighted by Gasteiger charge is -2.38. The lowest BCUT2D eigenvalue weighted by molar-refractivity contribution is -0.122. The predicted octanol–water partition coefficient (Wildman–Crippen LogP) is 3.67. The quantitative estimate of drug-likeness (QED) is 0.844. The lowest BCUT2D eigenvalue weighted by atomic mass is 9.78. The van der Waals surface area contributed by atoms with Gasteiger partial charge in [-0.15, -0.1) is 11.6 Å². The van der Waals surface area contributed by atoms with Gasteiger partial charge in [0, 0.05) is 5.88 Å². The van der Waals surface area contributed by atoms with E-state index in [0.29, 0.717) is 17.4 Å². The van der Waals surface area contributed by atoms with E-state index in [-0.39, 0.29) is 23.7 Å². The molecule has 1 N–H and O–H groups in total. The zero-order valence-electron chi connectivity index (χ0n) is 11.8. The Kier molecular flexibility index (Phi) is 5.03.